The molecule has 0 N–H and O–H groups in total. The molecule has 18 aromatic carbocycles. The molecule has 0 atom stereocenters. The lowest BCUT2D eigenvalue weighted by Crippen LogP contribution is -2.14. The van der Waals surface area contributed by atoms with E-state index < -0.39 is 0 Å². The van der Waals surface area contributed by atoms with Gasteiger partial charge in [0.1, 0.15) is 28.1 Å². The molecular formula is C118H76N8O2. The summed E-state index contributed by atoms with van der Waals surface area (Å²) in [6.45, 7) is 4.66. The van der Waals surface area contributed by atoms with Crippen molar-refractivity contribution in [1.82, 2.24) is 38.6 Å². The summed E-state index contributed by atoms with van der Waals surface area (Å²) in [5, 5.41) is 19.2. The molecule has 1 aliphatic rings. The normalized spacial score (nSPS) is 12.4. The van der Waals surface area contributed by atoms with Crippen LogP contribution in [-0.4, -0.2) is 38.6 Å². The third-order valence-corrected chi connectivity index (χ3v) is 26.2. The number of hydrogen-bond donors (Lipinski definition) is 0. The summed E-state index contributed by atoms with van der Waals surface area (Å²) in [7, 11) is 0. The Morgan fingerprint density at radius 3 is 1.36 bits per heavy atom. The third-order valence-electron chi connectivity index (χ3n) is 26.2. The maximum atomic E-state index is 6.29. The number of furan rings is 2. The molecule has 10 heteroatoms. The molecule has 600 valence electrons. The van der Waals surface area contributed by atoms with Crippen LogP contribution in [0.25, 0.3) is 237 Å². The number of benzene rings is 18. The van der Waals surface area contributed by atoms with Gasteiger partial charge in [0.2, 0.25) is 11.9 Å². The SMILES string of the molecule is CC1(C)c2ccccc2-c2ccc(-c3cccc(-c4ccnc(-n5c6ccccc6c6ccc7ccccc7c65)n4)c3)cc21.c1ccc2c(c1)ccc1c2c2ccccc2n1-c1ccc(-c2ccc(-c3ccc4oc5ccccc5c4c3)cc2)cn1.c1ccc2c(c1)ccc1c3ccccc3n(-c3nccc(-c4ccc(-c5cccc6c5oc5ccccc56)cc4)n3)c21. The number of nitrogens with zero attached hydrogens (tertiary/aromatic N) is 8. The highest BCUT2D eigenvalue weighted by Crippen LogP contribution is 2.51. The van der Waals surface area contributed by atoms with Gasteiger partial charge < -0.3 is 8.83 Å². The standard InChI is InChI=1S/C41H29N3.C39H24N2O.C38H23N3O/c1-41(2)35-16-7-5-14-31(35)32-20-19-28(25-36(32)41)27-11-9-12-29(24-27)37-22-23-42-40(43-37)44-38-17-8-6-15-33(38)34-21-18-26-10-3-4-13-30(26)39(34)44;1-2-8-30-27(7-1)17-20-35-39(30)32-10-3-5-11-34(32)41(35)38-22-19-29(24-40-38)26-15-13-25(14-16-26)28-18-21-37-33(23-28)31-9-4-6-12-36(31)42-37;1-2-9-27-24(8-1)20-21-31-29-10-3-5-14-34(29)41(36(27)31)38-39-23-22-33(40-38)26-18-16-25(17-19-26)28-12-7-13-32-30-11-4-6-15-35(30)42-37(28)32/h3-25H,1-2H3;1-24H;1-23H. The Labute approximate surface area is 735 Å². The fraction of sp³-hybridized carbons (Fsp3) is 0.0254. The Morgan fingerprint density at radius 1 is 0.242 bits per heavy atom. The quantitative estimate of drug-likeness (QED) is 0.142. The lowest BCUT2D eigenvalue weighted by Gasteiger charge is -2.22. The van der Waals surface area contributed by atoms with Gasteiger partial charge in [-0.3, -0.25) is 13.7 Å². The van der Waals surface area contributed by atoms with E-state index in [1.54, 1.807) is 0 Å². The molecule has 0 fully saturated rings. The molecule has 10 nitrogen and oxygen atoms in total. The monoisotopic (exact) mass is 1640 g/mol. The minimum absolute atomic E-state index is 0.0341. The Bertz CT molecular complexity index is 9000. The van der Waals surface area contributed by atoms with E-state index in [1.807, 2.05) is 55.0 Å². The Kier molecular flexibility index (Phi) is 17.1. The van der Waals surface area contributed by atoms with Gasteiger partial charge in [0.25, 0.3) is 0 Å². The molecule has 0 radical (unpaired) electrons. The number of aromatic nitrogens is 8. The van der Waals surface area contributed by atoms with E-state index in [4.69, 9.17) is 33.8 Å². The van der Waals surface area contributed by atoms with Crippen LogP contribution in [0.1, 0.15) is 25.0 Å². The van der Waals surface area contributed by atoms with Crippen LogP contribution in [0.15, 0.2) is 434 Å². The van der Waals surface area contributed by atoms with Crippen molar-refractivity contribution in [3.05, 3.63) is 436 Å². The van der Waals surface area contributed by atoms with Crippen molar-refractivity contribution < 1.29 is 8.83 Å². The Balaban J connectivity index is 0.000000104. The van der Waals surface area contributed by atoms with Gasteiger partial charge in [-0.15, -0.1) is 0 Å². The number of rotatable bonds is 9. The van der Waals surface area contributed by atoms with Crippen LogP contribution in [0.5, 0.6) is 0 Å². The van der Waals surface area contributed by atoms with Crippen LogP contribution in [0.2, 0.25) is 0 Å². The average Bonchev–Trinajstić information content (AvgIpc) is 1.59. The first-order chi connectivity index (χ1) is 63.2. The van der Waals surface area contributed by atoms with Crippen molar-refractivity contribution >= 4 is 142 Å². The highest BCUT2D eigenvalue weighted by Gasteiger charge is 2.35. The second kappa shape index (κ2) is 29.7. The topological polar surface area (TPSA) is 106 Å². The van der Waals surface area contributed by atoms with Crippen molar-refractivity contribution in [2.75, 3.05) is 0 Å². The molecule has 0 saturated carbocycles. The van der Waals surface area contributed by atoms with Crippen molar-refractivity contribution in [2.24, 2.45) is 0 Å². The maximum absolute atomic E-state index is 6.29. The lowest BCUT2D eigenvalue weighted by atomic mass is 9.81. The molecule has 8 heterocycles. The number of pyridine rings is 1. The molecule has 0 bridgehead atoms. The zero-order valence-electron chi connectivity index (χ0n) is 69.8. The Morgan fingerprint density at radius 2 is 0.695 bits per heavy atom. The number of fused-ring (bicyclic) bond motifs is 24. The van der Waals surface area contributed by atoms with Crippen molar-refractivity contribution in [1.29, 1.82) is 0 Å². The Hall–Kier alpha value is -17.0. The van der Waals surface area contributed by atoms with Gasteiger partial charge in [-0.25, -0.2) is 24.9 Å². The molecule has 8 aromatic heterocycles. The summed E-state index contributed by atoms with van der Waals surface area (Å²) in [6.07, 6.45) is 5.72. The van der Waals surface area contributed by atoms with Crippen molar-refractivity contribution in [3.63, 3.8) is 0 Å². The molecule has 26 aromatic rings. The van der Waals surface area contributed by atoms with Crippen LogP contribution in [0.3, 0.4) is 0 Å². The van der Waals surface area contributed by atoms with Crippen LogP contribution < -0.4 is 0 Å². The predicted octanol–water partition coefficient (Wildman–Crippen LogP) is 30.9. The number of hydrogen-bond acceptors (Lipinski definition) is 7. The molecule has 0 aliphatic heterocycles. The first kappa shape index (κ1) is 73.7. The zero-order chi connectivity index (χ0) is 84.7. The molecule has 128 heavy (non-hydrogen) atoms. The van der Waals surface area contributed by atoms with Crippen LogP contribution in [0, 0.1) is 0 Å². The lowest BCUT2D eigenvalue weighted by molar-refractivity contribution is 0.660. The summed E-state index contributed by atoms with van der Waals surface area (Å²) < 4.78 is 19.0. The van der Waals surface area contributed by atoms with E-state index >= 15 is 0 Å². The second-order valence-corrected chi connectivity index (χ2v) is 33.7. The molecule has 1 aliphatic carbocycles. The van der Waals surface area contributed by atoms with E-state index in [1.165, 1.54) is 115 Å². The van der Waals surface area contributed by atoms with Crippen LogP contribution in [-0.2, 0) is 5.41 Å². The van der Waals surface area contributed by atoms with Crippen molar-refractivity contribution in [2.45, 2.75) is 19.3 Å². The van der Waals surface area contributed by atoms with Gasteiger partial charge in [0, 0.05) is 111 Å². The zero-order valence-corrected chi connectivity index (χ0v) is 69.8. The molecule has 0 spiro atoms. The van der Waals surface area contributed by atoms with Gasteiger partial charge in [-0.05, 0) is 162 Å². The van der Waals surface area contributed by atoms with E-state index in [0.29, 0.717) is 11.9 Å². The highest BCUT2D eigenvalue weighted by molar-refractivity contribution is 6.23. The van der Waals surface area contributed by atoms with E-state index in [9.17, 15) is 0 Å². The van der Waals surface area contributed by atoms with Gasteiger partial charge >= 0.3 is 0 Å². The van der Waals surface area contributed by atoms with E-state index in [-0.39, 0.29) is 5.41 Å². The summed E-state index contributed by atoms with van der Waals surface area (Å²) in [5.74, 6) is 2.25. The smallest absolute Gasteiger partial charge is 0.235 e. The van der Waals surface area contributed by atoms with Gasteiger partial charge in [-0.1, -0.05) is 335 Å². The largest absolute Gasteiger partial charge is 0.456 e. The molecular weight excluding hydrogens is 1560 g/mol. The molecule has 0 amide bonds. The first-order valence-electron chi connectivity index (χ1n) is 43.5. The fourth-order valence-electron chi connectivity index (χ4n) is 20.1. The third kappa shape index (κ3) is 12.0. The first-order valence-corrected chi connectivity index (χ1v) is 43.5. The van der Waals surface area contributed by atoms with Gasteiger partial charge in [0.05, 0.1) is 44.5 Å². The predicted molar refractivity (Wildman–Crippen MR) is 529 cm³/mol. The minimum atomic E-state index is -0.0341. The minimum Gasteiger partial charge on any atom is -0.456 e. The van der Waals surface area contributed by atoms with Crippen LogP contribution >= 0.6 is 0 Å². The molecule has 0 saturated heterocycles. The van der Waals surface area contributed by atoms with Crippen LogP contribution in [0.4, 0.5) is 0 Å². The summed E-state index contributed by atoms with van der Waals surface area (Å²) >= 11 is 0. The molecule has 0 unspecified atom stereocenters. The summed E-state index contributed by atoms with van der Waals surface area (Å²) in [4.78, 5) is 24.9. The second-order valence-electron chi connectivity index (χ2n) is 33.7. The van der Waals surface area contributed by atoms with E-state index in [2.05, 4.69) is 398 Å². The fourth-order valence-corrected chi connectivity index (χ4v) is 20.1. The summed E-state index contributed by atoms with van der Waals surface area (Å²) in [6, 6.07) is 144. The maximum Gasteiger partial charge on any atom is 0.235 e. The van der Waals surface area contributed by atoms with E-state index in [0.717, 1.165) is 122 Å². The van der Waals surface area contributed by atoms with Gasteiger partial charge in [-0.2, -0.15) is 0 Å². The molecule has 27 rings (SSSR count). The van der Waals surface area contributed by atoms with Crippen molar-refractivity contribution in [3.8, 4) is 95.9 Å². The average molecular weight is 1640 g/mol. The summed E-state index contributed by atoms with van der Waals surface area (Å²) in [5.41, 5.74) is 28.9. The number of para-hydroxylation sites is 6. The highest BCUT2D eigenvalue weighted by atomic mass is 16.3. The van der Waals surface area contributed by atoms with Gasteiger partial charge in [0.15, 0.2) is 0 Å².